The lowest BCUT2D eigenvalue weighted by Gasteiger charge is -2.58. The molecule has 1 aromatic carbocycles. The molecule has 5 atom stereocenters. The highest BCUT2D eigenvalue weighted by Crippen LogP contribution is 2.70. The molecule has 0 saturated heterocycles. The largest absolute Gasteiger partial charge is 0.377 e. The van der Waals surface area contributed by atoms with Crippen LogP contribution in [0.5, 0.6) is 0 Å². The summed E-state index contributed by atoms with van der Waals surface area (Å²) in [5, 5.41) is 11.8. The fourth-order valence-electron chi connectivity index (χ4n) is 8.41. The summed E-state index contributed by atoms with van der Waals surface area (Å²) in [6.07, 6.45) is 8.82. The van der Waals surface area contributed by atoms with Crippen LogP contribution >= 0.6 is 0 Å². The number of benzene rings is 1. The van der Waals surface area contributed by atoms with Gasteiger partial charge in [-0.3, -0.25) is 9.59 Å². The minimum Gasteiger partial charge on any atom is -0.377 e. The topological polar surface area (TPSA) is 54.4 Å². The second kappa shape index (κ2) is 6.80. The summed E-state index contributed by atoms with van der Waals surface area (Å²) < 4.78 is 0. The second-order valence-electron chi connectivity index (χ2n) is 11.3. The Bertz CT molecular complexity index is 1240. The Kier molecular flexibility index (Phi) is 4.35. The van der Waals surface area contributed by atoms with E-state index in [1.807, 2.05) is 19.1 Å². The first-order valence-electron chi connectivity index (χ1n) is 12.5. The number of fused-ring (bicyclic) bond motifs is 4. The summed E-state index contributed by atoms with van der Waals surface area (Å²) in [7, 11) is 0. The molecule has 0 bridgehead atoms. The van der Waals surface area contributed by atoms with Crippen LogP contribution < -0.4 is 0 Å². The minimum atomic E-state index is -0.965. The van der Waals surface area contributed by atoms with Crippen molar-refractivity contribution in [3.8, 4) is 11.8 Å². The molecule has 0 radical (unpaired) electrons. The normalized spacial score (nSPS) is 38.3. The fourth-order valence-corrected chi connectivity index (χ4v) is 8.41. The van der Waals surface area contributed by atoms with E-state index >= 15 is 0 Å². The monoisotopic (exact) mass is 440 g/mol. The Morgan fingerprint density at radius 3 is 2.76 bits per heavy atom. The highest BCUT2D eigenvalue weighted by molar-refractivity contribution is 5.94. The van der Waals surface area contributed by atoms with Gasteiger partial charge in [-0.15, -0.1) is 5.92 Å². The van der Waals surface area contributed by atoms with Crippen LogP contribution in [0.1, 0.15) is 93.1 Å². The van der Waals surface area contributed by atoms with E-state index in [1.54, 1.807) is 18.1 Å². The van der Waals surface area contributed by atoms with E-state index in [1.165, 1.54) is 16.7 Å². The van der Waals surface area contributed by atoms with Crippen molar-refractivity contribution in [2.24, 2.45) is 16.7 Å². The molecule has 1 aromatic rings. The number of aliphatic hydroxyl groups is 1. The van der Waals surface area contributed by atoms with E-state index in [-0.39, 0.29) is 28.3 Å². The van der Waals surface area contributed by atoms with Gasteiger partial charge in [-0.25, -0.2) is 0 Å². The number of allylic oxidation sites excluding steroid dienone is 4. The molecule has 1 spiro atoms. The first-order chi connectivity index (χ1) is 15.7. The maximum atomic E-state index is 12.4. The van der Waals surface area contributed by atoms with Crippen LogP contribution in [0.2, 0.25) is 0 Å². The summed E-state index contributed by atoms with van der Waals surface area (Å²) >= 11 is 0. The molecule has 33 heavy (non-hydrogen) atoms. The van der Waals surface area contributed by atoms with Gasteiger partial charge in [0.25, 0.3) is 0 Å². The molecular weight excluding hydrogens is 408 g/mol. The minimum absolute atomic E-state index is 0.0902. The lowest BCUT2D eigenvalue weighted by Crippen LogP contribution is -2.52. The molecule has 1 fully saturated rings. The summed E-state index contributed by atoms with van der Waals surface area (Å²) in [6, 6.07) is 6.25. The first-order valence-corrected chi connectivity index (χ1v) is 12.5. The highest BCUT2D eigenvalue weighted by Gasteiger charge is 2.64. The van der Waals surface area contributed by atoms with Gasteiger partial charge in [0, 0.05) is 28.7 Å². The molecule has 1 saturated carbocycles. The van der Waals surface area contributed by atoms with Crippen molar-refractivity contribution in [1.29, 1.82) is 0 Å². The molecule has 5 aliphatic rings. The van der Waals surface area contributed by atoms with Gasteiger partial charge in [0.2, 0.25) is 0 Å². The highest BCUT2D eigenvalue weighted by atomic mass is 16.3. The van der Waals surface area contributed by atoms with Crippen molar-refractivity contribution < 1.29 is 14.7 Å². The average molecular weight is 441 g/mol. The molecule has 0 aliphatic heterocycles. The first kappa shape index (κ1) is 21.1. The van der Waals surface area contributed by atoms with E-state index in [2.05, 4.69) is 30.9 Å². The van der Waals surface area contributed by atoms with E-state index in [0.29, 0.717) is 12.3 Å². The van der Waals surface area contributed by atoms with Gasteiger partial charge in [-0.1, -0.05) is 41.7 Å². The molecule has 6 rings (SSSR count). The van der Waals surface area contributed by atoms with Crippen molar-refractivity contribution in [2.75, 3.05) is 0 Å². The van der Waals surface area contributed by atoms with E-state index in [4.69, 9.17) is 0 Å². The van der Waals surface area contributed by atoms with Gasteiger partial charge < -0.3 is 5.11 Å². The van der Waals surface area contributed by atoms with Crippen molar-refractivity contribution in [1.82, 2.24) is 0 Å². The van der Waals surface area contributed by atoms with Crippen LogP contribution in [0.3, 0.4) is 0 Å². The molecule has 0 unspecified atom stereocenters. The molecule has 0 heterocycles. The summed E-state index contributed by atoms with van der Waals surface area (Å²) in [5.41, 5.74) is 6.41. The van der Waals surface area contributed by atoms with Crippen molar-refractivity contribution >= 4 is 11.6 Å². The molecule has 3 nitrogen and oxygen atoms in total. The van der Waals surface area contributed by atoms with Crippen molar-refractivity contribution in [2.45, 2.75) is 83.7 Å². The van der Waals surface area contributed by atoms with Crippen LogP contribution in [-0.4, -0.2) is 22.3 Å². The Hall–Kier alpha value is -2.44. The molecule has 0 amide bonds. The number of carbonyl (C=O) groups excluding carboxylic acids is 2. The van der Waals surface area contributed by atoms with E-state index < -0.39 is 5.60 Å². The lowest BCUT2D eigenvalue weighted by molar-refractivity contribution is -0.115. The zero-order chi connectivity index (χ0) is 23.2. The Labute approximate surface area is 196 Å². The number of Topliss-reactive ketones (excluding diaryl/α,β-unsaturated/α-hetero) is 1. The third-order valence-corrected chi connectivity index (χ3v) is 9.93. The zero-order valence-electron chi connectivity index (χ0n) is 19.9. The van der Waals surface area contributed by atoms with Gasteiger partial charge in [0.1, 0.15) is 5.60 Å². The van der Waals surface area contributed by atoms with Gasteiger partial charge in [-0.05, 0) is 88.0 Å². The lowest BCUT2D eigenvalue weighted by atomic mass is 9.45. The predicted molar refractivity (Wildman–Crippen MR) is 128 cm³/mol. The van der Waals surface area contributed by atoms with Crippen LogP contribution in [-0.2, 0) is 11.2 Å². The summed E-state index contributed by atoms with van der Waals surface area (Å²) in [5.74, 6) is 7.16. The number of rotatable bonds is 1. The van der Waals surface area contributed by atoms with Gasteiger partial charge in [-0.2, -0.15) is 0 Å². The zero-order valence-corrected chi connectivity index (χ0v) is 19.9. The van der Waals surface area contributed by atoms with Gasteiger partial charge in [0.05, 0.1) is 0 Å². The van der Waals surface area contributed by atoms with Gasteiger partial charge in [0.15, 0.2) is 11.6 Å². The second-order valence-corrected chi connectivity index (χ2v) is 11.3. The summed E-state index contributed by atoms with van der Waals surface area (Å²) in [4.78, 5) is 24.6. The molecule has 3 heteroatoms. The van der Waals surface area contributed by atoms with Crippen LogP contribution in [0.15, 0.2) is 41.0 Å². The number of hydrogen-bond acceptors (Lipinski definition) is 3. The van der Waals surface area contributed by atoms with E-state index in [0.717, 1.165) is 50.5 Å². The van der Waals surface area contributed by atoms with Crippen LogP contribution in [0.25, 0.3) is 0 Å². The maximum absolute atomic E-state index is 12.4. The Morgan fingerprint density at radius 2 is 2.00 bits per heavy atom. The number of carbonyl (C=O) groups is 2. The SMILES string of the molecule is CC#C[C@]1(O)CC[C@H]2C3=C4[C@H](C[C@@]21C)c1ccc(C(C)=O)cc1C[C@@]41CCC(=O)C=C1CC3. The summed E-state index contributed by atoms with van der Waals surface area (Å²) in [6.45, 7) is 5.72. The predicted octanol–water partition coefficient (Wildman–Crippen LogP) is 5.47. The van der Waals surface area contributed by atoms with Crippen molar-refractivity contribution in [3.63, 3.8) is 0 Å². The average Bonchev–Trinajstić information content (AvgIpc) is 3.04. The van der Waals surface area contributed by atoms with E-state index in [9.17, 15) is 14.7 Å². The quantitative estimate of drug-likeness (QED) is 0.358. The molecule has 170 valence electrons. The standard InChI is InChI=1S/C30H32O3/c1-4-11-30(33)13-10-26-24-8-6-21-15-22(32)9-12-29(21)16-20-14-19(18(2)31)5-7-23(20)25(27(24)29)17-28(26,30)3/h5,7,14-15,25-26,33H,6,8-10,12-13,16-17H2,1-3H3/t25-,26+,28+,29-,30+/m1/s1. The van der Waals surface area contributed by atoms with Crippen molar-refractivity contribution in [3.05, 3.63) is 57.7 Å². The molecular formula is C30H32O3. The number of hydrogen-bond donors (Lipinski definition) is 1. The third kappa shape index (κ3) is 2.62. The molecule has 0 aromatic heterocycles. The molecule has 5 aliphatic carbocycles. The van der Waals surface area contributed by atoms with Crippen LogP contribution in [0, 0.1) is 28.6 Å². The smallest absolute Gasteiger partial charge is 0.159 e. The van der Waals surface area contributed by atoms with Gasteiger partial charge >= 0.3 is 0 Å². The molecule has 1 N–H and O–H groups in total. The third-order valence-electron chi connectivity index (χ3n) is 9.93. The Morgan fingerprint density at radius 1 is 1.18 bits per heavy atom. The number of ketones is 2. The Balaban J connectivity index is 1.62. The van der Waals surface area contributed by atoms with Crippen LogP contribution in [0.4, 0.5) is 0 Å². The fraction of sp³-hybridized carbons (Fsp3) is 0.533. The maximum Gasteiger partial charge on any atom is 0.159 e.